The third-order valence-corrected chi connectivity index (χ3v) is 5.66. The largest absolute Gasteiger partial charge is 0.342 e. The van der Waals surface area contributed by atoms with Crippen LogP contribution in [0, 0.1) is 0 Å². The summed E-state index contributed by atoms with van der Waals surface area (Å²) in [6.07, 6.45) is 0. The van der Waals surface area contributed by atoms with Crippen LogP contribution >= 0.6 is 0 Å². The number of amides is 1. The highest BCUT2D eigenvalue weighted by Crippen LogP contribution is 2.17. The highest BCUT2D eigenvalue weighted by molar-refractivity contribution is 7.89. The van der Waals surface area contributed by atoms with Gasteiger partial charge in [0.1, 0.15) is 5.82 Å². The predicted octanol–water partition coefficient (Wildman–Crippen LogP) is 2.74. The number of nitrogens with zero attached hydrogens (tertiary/aromatic N) is 1. The van der Waals surface area contributed by atoms with Gasteiger partial charge in [-0.1, -0.05) is 12.1 Å². The SMILES string of the molecule is CC(C)NS(=O)(=O)c1ccc(C(=O)N[C@@H](C)c2nc3ccccc3[nH]2)cc1. The molecule has 142 valence electrons. The minimum atomic E-state index is -3.58. The van der Waals surface area contributed by atoms with Gasteiger partial charge in [0.25, 0.3) is 5.91 Å². The van der Waals surface area contributed by atoms with Crippen LogP contribution < -0.4 is 10.0 Å². The average molecular weight is 386 g/mol. The fraction of sp³-hybridized carbons (Fsp3) is 0.263. The number of imidazole rings is 1. The van der Waals surface area contributed by atoms with Crippen LogP contribution in [-0.4, -0.2) is 30.3 Å². The zero-order valence-corrected chi connectivity index (χ0v) is 16.2. The summed E-state index contributed by atoms with van der Waals surface area (Å²) in [5.41, 5.74) is 2.11. The maximum atomic E-state index is 12.5. The fourth-order valence-corrected chi connectivity index (χ4v) is 3.94. The molecule has 0 unspecified atom stereocenters. The number of aromatic nitrogens is 2. The molecule has 8 heteroatoms. The second kappa shape index (κ2) is 7.50. The zero-order valence-electron chi connectivity index (χ0n) is 15.4. The van der Waals surface area contributed by atoms with E-state index < -0.39 is 10.0 Å². The summed E-state index contributed by atoms with van der Waals surface area (Å²) < 4.78 is 26.8. The summed E-state index contributed by atoms with van der Waals surface area (Å²) in [5.74, 6) is 0.355. The minimum absolute atomic E-state index is 0.123. The first-order valence-corrected chi connectivity index (χ1v) is 10.1. The van der Waals surface area contributed by atoms with E-state index in [-0.39, 0.29) is 22.9 Å². The molecular formula is C19H22N4O3S. The van der Waals surface area contributed by atoms with Crippen LogP contribution in [0.25, 0.3) is 11.0 Å². The standard InChI is InChI=1S/C19H22N4O3S/c1-12(2)23-27(25,26)15-10-8-14(9-11-15)19(24)20-13(3)18-21-16-6-4-5-7-17(16)22-18/h4-13,23H,1-3H3,(H,20,24)(H,21,22)/t13-/m0/s1. The Bertz CT molecular complexity index is 1020. The van der Waals surface area contributed by atoms with Crippen molar-refractivity contribution in [3.05, 3.63) is 59.9 Å². The summed E-state index contributed by atoms with van der Waals surface area (Å²) in [4.78, 5) is 20.2. The van der Waals surface area contributed by atoms with Crippen molar-refractivity contribution in [3.63, 3.8) is 0 Å². The summed E-state index contributed by atoms with van der Waals surface area (Å²) in [5, 5.41) is 2.87. The summed E-state index contributed by atoms with van der Waals surface area (Å²) in [7, 11) is -3.58. The number of carbonyl (C=O) groups is 1. The van der Waals surface area contributed by atoms with Crippen molar-refractivity contribution in [3.8, 4) is 0 Å². The van der Waals surface area contributed by atoms with E-state index in [1.165, 1.54) is 24.3 Å². The topological polar surface area (TPSA) is 104 Å². The van der Waals surface area contributed by atoms with Crippen molar-refractivity contribution in [2.45, 2.75) is 37.8 Å². The Morgan fingerprint density at radius 1 is 1.04 bits per heavy atom. The number of aromatic amines is 1. The number of hydrogen-bond acceptors (Lipinski definition) is 4. The van der Waals surface area contributed by atoms with Crippen LogP contribution in [0.1, 0.15) is 43.0 Å². The van der Waals surface area contributed by atoms with E-state index in [1.54, 1.807) is 13.8 Å². The van der Waals surface area contributed by atoms with Gasteiger partial charge in [-0.05, 0) is 57.2 Å². The molecule has 0 aliphatic heterocycles. The van der Waals surface area contributed by atoms with Gasteiger partial charge in [0.2, 0.25) is 10.0 Å². The fourth-order valence-electron chi connectivity index (χ4n) is 2.69. The third kappa shape index (κ3) is 4.35. The molecule has 0 aliphatic rings. The number of fused-ring (bicyclic) bond motifs is 1. The van der Waals surface area contributed by atoms with Crippen molar-refractivity contribution in [2.24, 2.45) is 0 Å². The number of para-hydroxylation sites is 2. The molecule has 0 radical (unpaired) electrons. The molecule has 2 aromatic carbocycles. The average Bonchev–Trinajstić information content (AvgIpc) is 3.05. The molecule has 0 saturated carbocycles. The number of sulfonamides is 1. The number of hydrogen-bond donors (Lipinski definition) is 3. The molecule has 3 aromatic rings. The lowest BCUT2D eigenvalue weighted by Gasteiger charge is -2.12. The number of H-pyrrole nitrogens is 1. The van der Waals surface area contributed by atoms with Gasteiger partial charge in [-0.3, -0.25) is 4.79 Å². The molecule has 0 bridgehead atoms. The van der Waals surface area contributed by atoms with Crippen LogP contribution in [0.5, 0.6) is 0 Å². The van der Waals surface area contributed by atoms with Gasteiger partial charge >= 0.3 is 0 Å². The zero-order chi connectivity index (χ0) is 19.6. The molecule has 1 atom stereocenters. The van der Waals surface area contributed by atoms with E-state index in [1.807, 2.05) is 31.2 Å². The van der Waals surface area contributed by atoms with Crippen molar-refractivity contribution in [1.82, 2.24) is 20.0 Å². The highest BCUT2D eigenvalue weighted by Gasteiger charge is 2.18. The highest BCUT2D eigenvalue weighted by atomic mass is 32.2. The van der Waals surface area contributed by atoms with E-state index in [0.29, 0.717) is 11.4 Å². The van der Waals surface area contributed by atoms with Crippen molar-refractivity contribution in [2.75, 3.05) is 0 Å². The van der Waals surface area contributed by atoms with E-state index in [9.17, 15) is 13.2 Å². The Hall–Kier alpha value is -2.71. The van der Waals surface area contributed by atoms with Crippen LogP contribution in [0.2, 0.25) is 0 Å². The molecule has 0 aliphatic carbocycles. The molecule has 7 nitrogen and oxygen atoms in total. The van der Waals surface area contributed by atoms with Crippen LogP contribution in [0.4, 0.5) is 0 Å². The first kappa shape index (κ1) is 19.1. The summed E-state index contributed by atoms with van der Waals surface area (Å²) in [6, 6.07) is 12.9. The lowest BCUT2D eigenvalue weighted by Crippen LogP contribution is -2.30. The third-order valence-electron chi connectivity index (χ3n) is 3.98. The molecule has 1 aromatic heterocycles. The maximum absolute atomic E-state index is 12.5. The number of rotatable bonds is 6. The van der Waals surface area contributed by atoms with Gasteiger partial charge in [0, 0.05) is 11.6 Å². The molecule has 1 heterocycles. The monoisotopic (exact) mass is 386 g/mol. The Kier molecular flexibility index (Phi) is 5.29. The van der Waals surface area contributed by atoms with Crippen LogP contribution in [0.3, 0.4) is 0 Å². The quantitative estimate of drug-likeness (QED) is 0.606. The molecular weight excluding hydrogens is 364 g/mol. The van der Waals surface area contributed by atoms with Gasteiger partial charge in [-0.2, -0.15) is 0 Å². The normalized spacial score (nSPS) is 13.0. The minimum Gasteiger partial charge on any atom is -0.342 e. The summed E-state index contributed by atoms with van der Waals surface area (Å²) in [6.45, 7) is 5.33. The predicted molar refractivity (Wildman–Crippen MR) is 104 cm³/mol. The molecule has 0 fully saturated rings. The molecule has 3 N–H and O–H groups in total. The van der Waals surface area contributed by atoms with E-state index in [2.05, 4.69) is 20.0 Å². The van der Waals surface area contributed by atoms with Crippen LogP contribution in [-0.2, 0) is 10.0 Å². The molecule has 27 heavy (non-hydrogen) atoms. The van der Waals surface area contributed by atoms with E-state index in [4.69, 9.17) is 0 Å². The van der Waals surface area contributed by atoms with E-state index in [0.717, 1.165) is 11.0 Å². The second-order valence-corrected chi connectivity index (χ2v) is 8.35. The van der Waals surface area contributed by atoms with Gasteiger partial charge in [0.05, 0.1) is 22.0 Å². The number of carbonyl (C=O) groups excluding carboxylic acids is 1. The van der Waals surface area contributed by atoms with Crippen molar-refractivity contribution in [1.29, 1.82) is 0 Å². The Labute approximate surface area is 158 Å². The Morgan fingerprint density at radius 2 is 1.70 bits per heavy atom. The van der Waals surface area contributed by atoms with Gasteiger partial charge in [-0.15, -0.1) is 0 Å². The van der Waals surface area contributed by atoms with E-state index >= 15 is 0 Å². The number of benzene rings is 2. The Balaban J connectivity index is 1.72. The lowest BCUT2D eigenvalue weighted by molar-refractivity contribution is 0.0938. The first-order valence-electron chi connectivity index (χ1n) is 8.64. The first-order chi connectivity index (χ1) is 12.8. The Morgan fingerprint density at radius 3 is 2.33 bits per heavy atom. The molecule has 0 spiro atoms. The van der Waals surface area contributed by atoms with Gasteiger partial charge < -0.3 is 10.3 Å². The van der Waals surface area contributed by atoms with Gasteiger partial charge in [0.15, 0.2) is 0 Å². The van der Waals surface area contributed by atoms with Crippen LogP contribution in [0.15, 0.2) is 53.4 Å². The van der Waals surface area contributed by atoms with Gasteiger partial charge in [-0.25, -0.2) is 18.1 Å². The van der Waals surface area contributed by atoms with Crippen molar-refractivity contribution >= 4 is 27.0 Å². The van der Waals surface area contributed by atoms with Crippen molar-refractivity contribution < 1.29 is 13.2 Å². The second-order valence-electron chi connectivity index (χ2n) is 6.63. The molecule has 0 saturated heterocycles. The maximum Gasteiger partial charge on any atom is 0.251 e. The smallest absolute Gasteiger partial charge is 0.251 e. The molecule has 3 rings (SSSR count). The summed E-state index contributed by atoms with van der Waals surface area (Å²) >= 11 is 0. The number of nitrogens with one attached hydrogen (secondary N) is 3. The lowest BCUT2D eigenvalue weighted by atomic mass is 10.2. The molecule has 1 amide bonds.